The van der Waals surface area contributed by atoms with Crippen molar-refractivity contribution < 1.29 is 14.3 Å². The van der Waals surface area contributed by atoms with E-state index in [4.69, 9.17) is 5.11 Å². The molecule has 0 aliphatic carbocycles. The second-order valence-corrected chi connectivity index (χ2v) is 5.15. The van der Waals surface area contributed by atoms with Crippen molar-refractivity contribution in [2.45, 2.75) is 0 Å². The fourth-order valence-electron chi connectivity index (χ4n) is 2.00. The van der Waals surface area contributed by atoms with Crippen molar-refractivity contribution in [3.8, 4) is 0 Å². The third-order valence-corrected chi connectivity index (χ3v) is 3.91. The molecule has 1 saturated heterocycles. The maximum atomic E-state index is 14.1. The van der Waals surface area contributed by atoms with E-state index >= 15 is 0 Å². The van der Waals surface area contributed by atoms with Crippen LogP contribution < -0.4 is 4.90 Å². The first-order valence-electron chi connectivity index (χ1n) is 5.65. The van der Waals surface area contributed by atoms with Crippen molar-refractivity contribution in [3.05, 3.63) is 28.0 Å². The Balaban J connectivity index is 2.30. The minimum atomic E-state index is -1.13. The van der Waals surface area contributed by atoms with E-state index in [2.05, 4.69) is 20.8 Å². The van der Waals surface area contributed by atoms with Gasteiger partial charge >= 0.3 is 5.97 Å². The minimum absolute atomic E-state index is 0.0198. The number of nitrogens with zero attached hydrogens (tertiary/aromatic N) is 2. The van der Waals surface area contributed by atoms with Crippen LogP contribution in [0.4, 0.5) is 10.1 Å². The van der Waals surface area contributed by atoms with Crippen molar-refractivity contribution in [3.63, 3.8) is 0 Å². The molecule has 1 N–H and O–H groups in total. The number of hydrogen-bond donors (Lipinski definition) is 1. The molecule has 0 saturated carbocycles. The molecule has 0 radical (unpaired) electrons. The van der Waals surface area contributed by atoms with Crippen LogP contribution in [-0.4, -0.2) is 49.2 Å². The van der Waals surface area contributed by atoms with Gasteiger partial charge in [0.1, 0.15) is 0 Å². The highest BCUT2D eigenvalue weighted by molar-refractivity contribution is 9.10. The van der Waals surface area contributed by atoms with E-state index in [9.17, 15) is 9.18 Å². The van der Waals surface area contributed by atoms with Gasteiger partial charge in [0.2, 0.25) is 0 Å². The number of anilines is 1. The van der Waals surface area contributed by atoms with Crippen LogP contribution in [0.15, 0.2) is 16.6 Å². The first-order chi connectivity index (χ1) is 8.50. The number of piperazine rings is 1. The molecular weight excluding hydrogens is 303 g/mol. The van der Waals surface area contributed by atoms with Crippen LogP contribution in [0.2, 0.25) is 0 Å². The number of halogens is 2. The molecular formula is C12H14BrFN2O2. The largest absolute Gasteiger partial charge is 0.478 e. The lowest BCUT2D eigenvalue weighted by molar-refractivity contribution is 0.0695. The van der Waals surface area contributed by atoms with E-state index < -0.39 is 11.8 Å². The van der Waals surface area contributed by atoms with Crippen molar-refractivity contribution >= 4 is 27.6 Å². The average Bonchev–Trinajstić information content (AvgIpc) is 2.33. The van der Waals surface area contributed by atoms with E-state index in [0.717, 1.165) is 26.2 Å². The summed E-state index contributed by atoms with van der Waals surface area (Å²) in [5, 5.41) is 8.91. The molecule has 98 valence electrons. The van der Waals surface area contributed by atoms with Crippen LogP contribution in [0.1, 0.15) is 10.4 Å². The first-order valence-corrected chi connectivity index (χ1v) is 6.45. The molecule has 1 heterocycles. The summed E-state index contributed by atoms with van der Waals surface area (Å²) in [4.78, 5) is 15.0. The van der Waals surface area contributed by atoms with Crippen molar-refractivity contribution in [1.82, 2.24) is 4.90 Å². The van der Waals surface area contributed by atoms with E-state index in [1.807, 2.05) is 11.9 Å². The number of carboxylic acids is 1. The van der Waals surface area contributed by atoms with Crippen molar-refractivity contribution in [2.75, 3.05) is 38.1 Å². The molecule has 0 bridgehead atoms. The molecule has 0 unspecified atom stereocenters. The summed E-state index contributed by atoms with van der Waals surface area (Å²) in [7, 11) is 2.02. The highest BCUT2D eigenvalue weighted by Crippen LogP contribution is 2.30. The molecule has 18 heavy (non-hydrogen) atoms. The number of hydrogen-bond acceptors (Lipinski definition) is 3. The van der Waals surface area contributed by atoms with E-state index in [0.29, 0.717) is 5.69 Å². The van der Waals surface area contributed by atoms with Crippen LogP contribution in [0, 0.1) is 5.82 Å². The van der Waals surface area contributed by atoms with Gasteiger partial charge < -0.3 is 14.9 Å². The number of carbonyl (C=O) groups is 1. The van der Waals surface area contributed by atoms with Gasteiger partial charge in [-0.05, 0) is 35.1 Å². The summed E-state index contributed by atoms with van der Waals surface area (Å²) < 4.78 is 14.2. The molecule has 1 fully saturated rings. The molecule has 1 aliphatic heterocycles. The Kier molecular flexibility index (Phi) is 3.87. The fourth-order valence-corrected chi connectivity index (χ4v) is 2.50. The molecule has 0 amide bonds. The van der Waals surface area contributed by atoms with E-state index in [-0.39, 0.29) is 10.0 Å². The second kappa shape index (κ2) is 5.24. The lowest BCUT2D eigenvalue weighted by Gasteiger charge is -2.34. The Hall–Kier alpha value is -1.14. The Bertz CT molecular complexity index is 473. The monoisotopic (exact) mass is 316 g/mol. The van der Waals surface area contributed by atoms with Crippen LogP contribution >= 0.6 is 15.9 Å². The van der Waals surface area contributed by atoms with Crippen molar-refractivity contribution in [1.29, 1.82) is 0 Å². The van der Waals surface area contributed by atoms with Gasteiger partial charge in [-0.3, -0.25) is 0 Å². The predicted octanol–water partition coefficient (Wildman–Crippen LogP) is 2.04. The predicted molar refractivity (Wildman–Crippen MR) is 70.8 cm³/mol. The maximum Gasteiger partial charge on any atom is 0.336 e. The summed E-state index contributed by atoms with van der Waals surface area (Å²) in [6.45, 7) is 3.23. The van der Waals surface area contributed by atoms with Crippen LogP contribution in [0.5, 0.6) is 0 Å². The molecule has 0 aromatic heterocycles. The van der Waals surface area contributed by atoms with Crippen molar-refractivity contribution in [2.24, 2.45) is 0 Å². The second-order valence-electron chi connectivity index (χ2n) is 4.36. The molecule has 1 aromatic carbocycles. The van der Waals surface area contributed by atoms with Crippen LogP contribution in [0.3, 0.4) is 0 Å². The Morgan fingerprint density at radius 2 is 1.94 bits per heavy atom. The van der Waals surface area contributed by atoms with Gasteiger partial charge in [-0.1, -0.05) is 0 Å². The standard InChI is InChI=1S/C12H14BrFN2O2/c1-15-4-6-16(7-5-15)9-3-2-8(12(17)18)10(13)11(9)14/h2-3H,4-7H2,1H3,(H,17,18). The molecule has 2 rings (SSSR count). The number of benzene rings is 1. The third-order valence-electron chi connectivity index (χ3n) is 3.14. The summed E-state index contributed by atoms with van der Waals surface area (Å²) >= 11 is 3.02. The minimum Gasteiger partial charge on any atom is -0.478 e. The maximum absolute atomic E-state index is 14.1. The highest BCUT2D eigenvalue weighted by atomic mass is 79.9. The quantitative estimate of drug-likeness (QED) is 0.907. The zero-order chi connectivity index (χ0) is 13.3. The smallest absolute Gasteiger partial charge is 0.336 e. The lowest BCUT2D eigenvalue weighted by Crippen LogP contribution is -2.44. The van der Waals surface area contributed by atoms with Gasteiger partial charge in [0, 0.05) is 26.2 Å². The Morgan fingerprint density at radius 3 is 2.50 bits per heavy atom. The van der Waals surface area contributed by atoms with Gasteiger partial charge in [-0.2, -0.15) is 0 Å². The topological polar surface area (TPSA) is 43.8 Å². The molecule has 0 spiro atoms. The fraction of sp³-hybridized carbons (Fsp3) is 0.417. The Morgan fingerprint density at radius 1 is 1.33 bits per heavy atom. The van der Waals surface area contributed by atoms with Crippen LogP contribution in [0.25, 0.3) is 0 Å². The van der Waals surface area contributed by atoms with E-state index in [1.54, 1.807) is 0 Å². The van der Waals surface area contributed by atoms with Gasteiger partial charge in [-0.25, -0.2) is 9.18 Å². The molecule has 4 nitrogen and oxygen atoms in total. The zero-order valence-corrected chi connectivity index (χ0v) is 11.6. The number of carboxylic acid groups (broad SMARTS) is 1. The summed E-state index contributed by atoms with van der Waals surface area (Å²) in [6.07, 6.45) is 0. The summed E-state index contributed by atoms with van der Waals surface area (Å²) in [5.74, 6) is -1.63. The van der Waals surface area contributed by atoms with E-state index in [1.165, 1.54) is 12.1 Å². The molecule has 1 aliphatic rings. The number of likely N-dealkylation sites (N-methyl/N-ethyl adjacent to an activating group) is 1. The first kappa shape index (κ1) is 13.3. The van der Waals surface area contributed by atoms with Gasteiger partial charge in [0.25, 0.3) is 0 Å². The summed E-state index contributed by atoms with van der Waals surface area (Å²) in [6, 6.07) is 2.97. The average molecular weight is 317 g/mol. The summed E-state index contributed by atoms with van der Waals surface area (Å²) in [5.41, 5.74) is 0.408. The van der Waals surface area contributed by atoms with Gasteiger partial charge in [-0.15, -0.1) is 0 Å². The molecule has 6 heteroatoms. The number of rotatable bonds is 2. The van der Waals surface area contributed by atoms with Crippen LogP contribution in [-0.2, 0) is 0 Å². The third kappa shape index (κ3) is 2.49. The zero-order valence-electron chi connectivity index (χ0n) is 9.99. The molecule has 1 aromatic rings. The normalized spacial score (nSPS) is 16.9. The number of aromatic carboxylic acids is 1. The molecule has 0 atom stereocenters. The van der Waals surface area contributed by atoms with Gasteiger partial charge in [0.05, 0.1) is 15.7 Å². The SMILES string of the molecule is CN1CCN(c2ccc(C(=O)O)c(Br)c2F)CC1. The highest BCUT2D eigenvalue weighted by Gasteiger charge is 2.21. The van der Waals surface area contributed by atoms with Gasteiger partial charge in [0.15, 0.2) is 5.82 Å². The Labute approximate surface area is 113 Å². The lowest BCUT2D eigenvalue weighted by atomic mass is 10.1.